The summed E-state index contributed by atoms with van der Waals surface area (Å²) in [5, 5.41) is 20.9. The number of phenolic OH excluding ortho intramolecular Hbond substituents is 1. The molecule has 102 valence electrons. The molecule has 0 aliphatic heterocycles. The molecule has 1 heterocycles. The molecule has 6 heteroatoms. The van der Waals surface area contributed by atoms with E-state index >= 15 is 0 Å². The third-order valence-electron chi connectivity index (χ3n) is 2.97. The van der Waals surface area contributed by atoms with Crippen molar-refractivity contribution in [1.29, 1.82) is 0 Å². The van der Waals surface area contributed by atoms with Gasteiger partial charge in [-0.15, -0.1) is 5.10 Å². The van der Waals surface area contributed by atoms with Crippen LogP contribution < -0.4 is 10.1 Å². The van der Waals surface area contributed by atoms with Gasteiger partial charge in [0.15, 0.2) is 0 Å². The van der Waals surface area contributed by atoms with E-state index in [1.165, 1.54) is 0 Å². The number of nitrogens with zero attached hydrogens (tertiary/aromatic N) is 3. The van der Waals surface area contributed by atoms with Crippen LogP contribution in [-0.4, -0.2) is 33.8 Å². The van der Waals surface area contributed by atoms with Gasteiger partial charge in [0.25, 0.3) is 0 Å². The SMILES string of the molecule is COc1ccc(C(C)NCCn2ccnn2)c(O)c1. The number of nitrogens with one attached hydrogen (secondary N) is 1. The summed E-state index contributed by atoms with van der Waals surface area (Å²) in [5.41, 5.74) is 0.847. The van der Waals surface area contributed by atoms with Crippen molar-refractivity contribution in [1.82, 2.24) is 20.3 Å². The topological polar surface area (TPSA) is 72.2 Å². The number of phenols is 1. The van der Waals surface area contributed by atoms with Crippen LogP contribution in [0.5, 0.6) is 11.5 Å². The first kappa shape index (κ1) is 13.4. The highest BCUT2D eigenvalue weighted by molar-refractivity contribution is 5.41. The van der Waals surface area contributed by atoms with Crippen LogP contribution >= 0.6 is 0 Å². The van der Waals surface area contributed by atoms with Gasteiger partial charge < -0.3 is 15.2 Å². The highest BCUT2D eigenvalue weighted by atomic mass is 16.5. The zero-order valence-electron chi connectivity index (χ0n) is 11.1. The van der Waals surface area contributed by atoms with E-state index < -0.39 is 0 Å². The molecule has 1 aromatic carbocycles. The van der Waals surface area contributed by atoms with Crippen LogP contribution in [0.1, 0.15) is 18.5 Å². The standard InChI is InChI=1S/C13H18N4O2/c1-10(14-5-7-17-8-6-15-16-17)12-4-3-11(19-2)9-13(12)18/h3-4,6,8-10,14,18H,5,7H2,1-2H3. The smallest absolute Gasteiger partial charge is 0.124 e. The first-order valence-corrected chi connectivity index (χ1v) is 6.15. The molecule has 2 rings (SSSR count). The van der Waals surface area contributed by atoms with Gasteiger partial charge in [-0.25, -0.2) is 0 Å². The second kappa shape index (κ2) is 6.19. The van der Waals surface area contributed by atoms with Gasteiger partial charge in [0.2, 0.25) is 0 Å². The van der Waals surface area contributed by atoms with Crippen molar-refractivity contribution in [3.05, 3.63) is 36.2 Å². The predicted molar refractivity (Wildman–Crippen MR) is 71.1 cm³/mol. The van der Waals surface area contributed by atoms with Crippen LogP contribution in [-0.2, 0) is 6.54 Å². The number of hydrogen-bond donors (Lipinski definition) is 2. The molecule has 2 N–H and O–H groups in total. The summed E-state index contributed by atoms with van der Waals surface area (Å²) in [6.07, 6.45) is 3.47. The molecule has 6 nitrogen and oxygen atoms in total. The van der Waals surface area contributed by atoms with Crippen molar-refractivity contribution in [3.8, 4) is 11.5 Å². The number of hydrogen-bond acceptors (Lipinski definition) is 5. The minimum Gasteiger partial charge on any atom is -0.507 e. The third kappa shape index (κ3) is 3.45. The summed E-state index contributed by atoms with van der Waals surface area (Å²) in [7, 11) is 1.58. The van der Waals surface area contributed by atoms with E-state index in [2.05, 4.69) is 15.6 Å². The van der Waals surface area contributed by atoms with Crippen molar-refractivity contribution in [2.75, 3.05) is 13.7 Å². The van der Waals surface area contributed by atoms with Crippen LogP contribution in [0.25, 0.3) is 0 Å². The second-order valence-electron chi connectivity index (χ2n) is 4.27. The van der Waals surface area contributed by atoms with E-state index in [9.17, 15) is 5.11 Å². The molecule has 1 aromatic heterocycles. The lowest BCUT2D eigenvalue weighted by Crippen LogP contribution is -2.23. The fourth-order valence-electron chi connectivity index (χ4n) is 1.87. The van der Waals surface area contributed by atoms with Gasteiger partial charge in [-0.05, 0) is 13.0 Å². The van der Waals surface area contributed by atoms with Crippen molar-refractivity contribution in [2.24, 2.45) is 0 Å². The second-order valence-corrected chi connectivity index (χ2v) is 4.27. The maximum absolute atomic E-state index is 9.93. The summed E-state index contributed by atoms with van der Waals surface area (Å²) in [6.45, 7) is 3.49. The highest BCUT2D eigenvalue weighted by Gasteiger charge is 2.10. The Morgan fingerprint density at radius 1 is 1.47 bits per heavy atom. The molecular weight excluding hydrogens is 244 g/mol. The third-order valence-corrected chi connectivity index (χ3v) is 2.97. The number of ether oxygens (including phenoxy) is 1. The summed E-state index contributed by atoms with van der Waals surface area (Å²) < 4.78 is 6.82. The number of aromatic nitrogens is 3. The van der Waals surface area contributed by atoms with Crippen molar-refractivity contribution in [2.45, 2.75) is 19.5 Å². The largest absolute Gasteiger partial charge is 0.507 e. The molecule has 1 atom stereocenters. The van der Waals surface area contributed by atoms with E-state index in [-0.39, 0.29) is 11.8 Å². The van der Waals surface area contributed by atoms with Crippen LogP contribution in [0.3, 0.4) is 0 Å². The maximum atomic E-state index is 9.93. The van der Waals surface area contributed by atoms with Gasteiger partial charge in [0.05, 0.1) is 19.9 Å². The Hall–Kier alpha value is -2.08. The lowest BCUT2D eigenvalue weighted by atomic mass is 10.1. The van der Waals surface area contributed by atoms with Crippen molar-refractivity contribution < 1.29 is 9.84 Å². The summed E-state index contributed by atoms with van der Waals surface area (Å²) in [6, 6.07) is 5.37. The van der Waals surface area contributed by atoms with E-state index in [0.29, 0.717) is 5.75 Å². The molecule has 0 saturated carbocycles. The Morgan fingerprint density at radius 3 is 2.95 bits per heavy atom. The molecule has 0 saturated heterocycles. The molecule has 0 aliphatic rings. The molecule has 0 amide bonds. The average molecular weight is 262 g/mol. The minimum absolute atomic E-state index is 0.0504. The van der Waals surface area contributed by atoms with Crippen LogP contribution in [0.2, 0.25) is 0 Å². The highest BCUT2D eigenvalue weighted by Crippen LogP contribution is 2.28. The molecule has 0 bridgehead atoms. The summed E-state index contributed by atoms with van der Waals surface area (Å²) in [5.74, 6) is 0.885. The fraction of sp³-hybridized carbons (Fsp3) is 0.385. The van der Waals surface area contributed by atoms with Gasteiger partial charge in [-0.2, -0.15) is 0 Å². The molecular formula is C13H18N4O2. The Balaban J connectivity index is 1.90. The molecule has 0 radical (unpaired) electrons. The predicted octanol–water partition coefficient (Wildman–Crippen LogP) is 1.34. The van der Waals surface area contributed by atoms with E-state index in [1.54, 1.807) is 24.1 Å². The van der Waals surface area contributed by atoms with Crippen molar-refractivity contribution >= 4 is 0 Å². The Kier molecular flexibility index (Phi) is 4.35. The first-order chi connectivity index (χ1) is 9.20. The van der Waals surface area contributed by atoms with Gasteiger partial charge >= 0.3 is 0 Å². The molecule has 0 aliphatic carbocycles. The number of rotatable bonds is 6. The fourth-order valence-corrected chi connectivity index (χ4v) is 1.87. The molecule has 0 fully saturated rings. The monoisotopic (exact) mass is 262 g/mol. The van der Waals surface area contributed by atoms with Crippen LogP contribution in [0, 0.1) is 0 Å². The molecule has 2 aromatic rings. The zero-order valence-corrected chi connectivity index (χ0v) is 11.1. The Labute approximate surface area is 112 Å². The number of aromatic hydroxyl groups is 1. The summed E-state index contributed by atoms with van der Waals surface area (Å²) in [4.78, 5) is 0. The van der Waals surface area contributed by atoms with Gasteiger partial charge in [-0.1, -0.05) is 11.3 Å². The Morgan fingerprint density at radius 2 is 2.32 bits per heavy atom. The average Bonchev–Trinajstić information content (AvgIpc) is 2.91. The lowest BCUT2D eigenvalue weighted by Gasteiger charge is -2.16. The van der Waals surface area contributed by atoms with Gasteiger partial charge in [0, 0.05) is 30.4 Å². The lowest BCUT2D eigenvalue weighted by molar-refractivity contribution is 0.403. The van der Waals surface area contributed by atoms with E-state index in [0.717, 1.165) is 18.7 Å². The number of benzene rings is 1. The quantitative estimate of drug-likeness (QED) is 0.822. The normalized spacial score (nSPS) is 12.3. The van der Waals surface area contributed by atoms with Crippen LogP contribution in [0.15, 0.2) is 30.6 Å². The molecule has 19 heavy (non-hydrogen) atoms. The first-order valence-electron chi connectivity index (χ1n) is 6.15. The van der Waals surface area contributed by atoms with E-state index in [1.807, 2.05) is 25.3 Å². The number of methoxy groups -OCH3 is 1. The van der Waals surface area contributed by atoms with Gasteiger partial charge in [-0.3, -0.25) is 4.68 Å². The molecule has 0 spiro atoms. The molecule has 1 unspecified atom stereocenters. The Bertz CT molecular complexity index is 513. The maximum Gasteiger partial charge on any atom is 0.124 e. The zero-order chi connectivity index (χ0) is 13.7. The summed E-state index contributed by atoms with van der Waals surface area (Å²) >= 11 is 0. The van der Waals surface area contributed by atoms with E-state index in [4.69, 9.17) is 4.74 Å². The minimum atomic E-state index is 0.0504. The van der Waals surface area contributed by atoms with Crippen molar-refractivity contribution in [3.63, 3.8) is 0 Å². The van der Waals surface area contributed by atoms with Crippen LogP contribution in [0.4, 0.5) is 0 Å². The van der Waals surface area contributed by atoms with Gasteiger partial charge in [0.1, 0.15) is 11.5 Å².